The number of rotatable bonds is 5. The van der Waals surface area contributed by atoms with Gasteiger partial charge in [0.1, 0.15) is 11.4 Å². The minimum absolute atomic E-state index is 0.174. The van der Waals surface area contributed by atoms with Gasteiger partial charge in [0, 0.05) is 61.9 Å². The minimum atomic E-state index is -4.73. The molecule has 2 aliphatic rings. The fraction of sp³-hybridized carbons (Fsp3) is 0.407. The Kier molecular flexibility index (Phi) is 7.85. The van der Waals surface area contributed by atoms with Crippen LogP contribution < -0.4 is 14.5 Å². The summed E-state index contributed by atoms with van der Waals surface area (Å²) < 4.78 is 80.3. The summed E-state index contributed by atoms with van der Waals surface area (Å²) >= 11 is 1.44. The maximum absolute atomic E-state index is 13.1. The first-order chi connectivity index (χ1) is 19.0. The number of piperidine rings is 1. The molecule has 3 heterocycles. The van der Waals surface area contributed by atoms with Crippen LogP contribution in [0.2, 0.25) is 0 Å². The first-order valence-electron chi connectivity index (χ1n) is 12.7. The number of halogens is 6. The zero-order valence-corrected chi connectivity index (χ0v) is 22.0. The summed E-state index contributed by atoms with van der Waals surface area (Å²) in [5, 5.41) is 2.63. The van der Waals surface area contributed by atoms with Crippen LogP contribution in [0.25, 0.3) is 0 Å². The quantitative estimate of drug-likeness (QED) is 0.325. The second-order valence-corrected chi connectivity index (χ2v) is 10.6. The van der Waals surface area contributed by atoms with Crippen molar-refractivity contribution in [3.05, 3.63) is 70.2 Å². The molecule has 3 aromatic rings. The zero-order valence-electron chi connectivity index (χ0n) is 21.2. The average molecular weight is 585 g/mol. The number of alkyl halides is 6. The predicted molar refractivity (Wildman–Crippen MR) is 139 cm³/mol. The molecule has 0 bridgehead atoms. The Morgan fingerprint density at radius 3 is 2.12 bits per heavy atom. The third-order valence-electron chi connectivity index (χ3n) is 7.13. The van der Waals surface area contributed by atoms with Gasteiger partial charge in [-0.15, -0.1) is 24.5 Å². The van der Waals surface area contributed by atoms with Crippen LogP contribution in [0.1, 0.15) is 39.8 Å². The lowest BCUT2D eigenvalue weighted by atomic mass is 9.97. The lowest BCUT2D eigenvalue weighted by Crippen LogP contribution is -2.49. The van der Waals surface area contributed by atoms with Crippen LogP contribution in [0.3, 0.4) is 0 Å². The molecule has 2 fully saturated rings. The number of nitrogens with zero attached hydrogens (tertiary/aromatic N) is 4. The van der Waals surface area contributed by atoms with Gasteiger partial charge in [0.2, 0.25) is 0 Å². The molecule has 5 rings (SSSR count). The largest absolute Gasteiger partial charge is 0.573 e. The Balaban J connectivity index is 1.13. The second-order valence-electron chi connectivity index (χ2n) is 9.70. The molecule has 0 radical (unpaired) electrons. The zero-order chi connectivity index (χ0) is 28.5. The van der Waals surface area contributed by atoms with Crippen molar-refractivity contribution in [3.8, 4) is 5.75 Å². The van der Waals surface area contributed by atoms with Gasteiger partial charge in [-0.1, -0.05) is 6.07 Å². The van der Waals surface area contributed by atoms with Crippen LogP contribution in [-0.4, -0.2) is 61.4 Å². The predicted octanol–water partition coefficient (Wildman–Crippen LogP) is 6.41. The lowest BCUT2D eigenvalue weighted by molar-refractivity contribution is -0.274. The summed E-state index contributed by atoms with van der Waals surface area (Å²) in [6.45, 7) is 3.01. The van der Waals surface area contributed by atoms with Gasteiger partial charge >= 0.3 is 12.5 Å². The van der Waals surface area contributed by atoms with Gasteiger partial charge in [-0.25, -0.2) is 4.98 Å². The van der Waals surface area contributed by atoms with Gasteiger partial charge in [-0.05, 0) is 55.3 Å². The summed E-state index contributed by atoms with van der Waals surface area (Å²) in [5.74, 6) is -0.277. The van der Waals surface area contributed by atoms with E-state index in [0.717, 1.165) is 35.7 Å². The number of piperazine rings is 1. The first kappa shape index (κ1) is 28.1. The van der Waals surface area contributed by atoms with Crippen LogP contribution in [0.5, 0.6) is 5.75 Å². The molecule has 1 aromatic heterocycles. The Hall–Kier alpha value is -3.48. The number of aromatic nitrogens is 1. The number of carbonyl (C=O) groups excluding carboxylic acids is 1. The summed E-state index contributed by atoms with van der Waals surface area (Å²) in [6.07, 6.45) is -7.56. The summed E-state index contributed by atoms with van der Waals surface area (Å²) in [5.41, 5.74) is 0.968. The molecule has 0 N–H and O–H groups in total. The molecule has 2 aliphatic heterocycles. The monoisotopic (exact) mass is 584 g/mol. The molecule has 13 heteroatoms. The molecule has 2 saturated heterocycles. The van der Waals surface area contributed by atoms with Crippen molar-refractivity contribution < 1.29 is 35.9 Å². The van der Waals surface area contributed by atoms with E-state index in [2.05, 4.69) is 14.6 Å². The molecule has 0 atom stereocenters. The van der Waals surface area contributed by atoms with Gasteiger partial charge in [0.05, 0.1) is 10.6 Å². The van der Waals surface area contributed by atoms with Crippen molar-refractivity contribution in [1.29, 1.82) is 0 Å². The number of benzene rings is 2. The van der Waals surface area contributed by atoms with Gasteiger partial charge in [0.15, 0.2) is 0 Å². The van der Waals surface area contributed by atoms with E-state index in [9.17, 15) is 31.1 Å². The van der Waals surface area contributed by atoms with Crippen molar-refractivity contribution >= 4 is 28.6 Å². The third-order valence-corrected chi connectivity index (χ3v) is 8.13. The highest BCUT2D eigenvalue weighted by Crippen LogP contribution is 2.34. The highest BCUT2D eigenvalue weighted by Gasteiger charge is 2.33. The molecule has 1 amide bonds. The average Bonchev–Trinajstić information content (AvgIpc) is 3.43. The molecular weight excluding hydrogens is 558 g/mol. The summed E-state index contributed by atoms with van der Waals surface area (Å²) in [7, 11) is 0. The highest BCUT2D eigenvalue weighted by atomic mass is 32.1. The van der Waals surface area contributed by atoms with Gasteiger partial charge in [-0.2, -0.15) is 13.2 Å². The van der Waals surface area contributed by atoms with Crippen molar-refractivity contribution in [1.82, 2.24) is 9.88 Å². The Labute approximate surface area is 230 Å². The van der Waals surface area contributed by atoms with Gasteiger partial charge in [0.25, 0.3) is 5.91 Å². The molecule has 0 unspecified atom stereocenters. The molecular formula is C27H26F6N4O2S. The molecule has 40 heavy (non-hydrogen) atoms. The van der Waals surface area contributed by atoms with E-state index in [-0.39, 0.29) is 17.6 Å². The fourth-order valence-electron chi connectivity index (χ4n) is 5.03. The smallest absolute Gasteiger partial charge is 0.406 e. The second kappa shape index (κ2) is 11.2. The van der Waals surface area contributed by atoms with Gasteiger partial charge in [-0.3, -0.25) is 4.79 Å². The van der Waals surface area contributed by atoms with Crippen LogP contribution in [0, 0.1) is 0 Å². The van der Waals surface area contributed by atoms with E-state index < -0.39 is 18.1 Å². The van der Waals surface area contributed by atoms with Crippen LogP contribution in [0.15, 0.2) is 53.9 Å². The van der Waals surface area contributed by atoms with E-state index in [0.29, 0.717) is 50.6 Å². The third kappa shape index (κ3) is 6.62. The summed E-state index contributed by atoms with van der Waals surface area (Å²) in [6, 6.07) is 11.0. The molecule has 6 nitrogen and oxygen atoms in total. The number of amides is 1. The van der Waals surface area contributed by atoms with Gasteiger partial charge < -0.3 is 19.4 Å². The van der Waals surface area contributed by atoms with Crippen molar-refractivity contribution in [2.45, 2.75) is 31.3 Å². The molecule has 2 aromatic carbocycles. The first-order valence-corrected chi connectivity index (χ1v) is 13.6. The molecule has 214 valence electrons. The number of hydrogen-bond acceptors (Lipinski definition) is 6. The summed E-state index contributed by atoms with van der Waals surface area (Å²) in [4.78, 5) is 23.3. The number of hydrogen-bond donors (Lipinski definition) is 0. The van der Waals surface area contributed by atoms with Crippen molar-refractivity contribution in [3.63, 3.8) is 0 Å². The maximum atomic E-state index is 13.1. The van der Waals surface area contributed by atoms with E-state index in [1.54, 1.807) is 28.5 Å². The van der Waals surface area contributed by atoms with Crippen LogP contribution >= 0.6 is 11.3 Å². The van der Waals surface area contributed by atoms with Crippen LogP contribution in [-0.2, 0) is 6.18 Å². The fourth-order valence-corrected chi connectivity index (χ4v) is 5.99. The number of ether oxygens (including phenoxy) is 1. The number of carbonyl (C=O) groups is 1. The van der Waals surface area contributed by atoms with Crippen LogP contribution in [0.4, 0.5) is 37.7 Å². The normalized spacial score (nSPS) is 17.3. The van der Waals surface area contributed by atoms with Crippen molar-refractivity contribution in [2.75, 3.05) is 49.1 Å². The van der Waals surface area contributed by atoms with Crippen molar-refractivity contribution in [2.24, 2.45) is 0 Å². The molecule has 0 spiro atoms. The number of thiazole rings is 1. The minimum Gasteiger partial charge on any atom is -0.406 e. The topological polar surface area (TPSA) is 48.9 Å². The Morgan fingerprint density at radius 1 is 0.850 bits per heavy atom. The van der Waals surface area contributed by atoms with E-state index >= 15 is 0 Å². The highest BCUT2D eigenvalue weighted by molar-refractivity contribution is 7.09. The lowest BCUT2D eigenvalue weighted by Gasteiger charge is -2.36. The van der Waals surface area contributed by atoms with E-state index in [1.165, 1.54) is 29.5 Å². The standard InChI is InChI=1S/C27H26F6N4O2S/c28-26(29,30)19-2-1-3-21(16-19)36-12-14-37(15-13-36)25(38)23-17-40-24(34-23)18-8-10-35(11-9-18)20-4-6-22(7-5-20)39-27(31,32)33/h1-7,16-18H,8-15H2. The molecule has 0 saturated carbocycles. The van der Waals surface area contributed by atoms with E-state index in [1.807, 2.05) is 4.90 Å². The SMILES string of the molecule is O=C(c1csc(C2CCN(c3ccc(OC(F)(F)F)cc3)CC2)n1)N1CCN(c2cccc(C(F)(F)F)c2)CC1. The Bertz CT molecular complexity index is 1310. The van der Waals surface area contributed by atoms with E-state index in [4.69, 9.17) is 0 Å². The Morgan fingerprint density at radius 2 is 1.50 bits per heavy atom. The maximum Gasteiger partial charge on any atom is 0.573 e. The number of anilines is 2. The molecule has 0 aliphatic carbocycles.